The number of amides is 1. The Kier molecular flexibility index (Phi) is 8.32. The molecule has 12 heteroatoms. The van der Waals surface area contributed by atoms with Crippen molar-refractivity contribution >= 4 is 32.2 Å². The molecule has 1 fully saturated rings. The van der Waals surface area contributed by atoms with E-state index in [2.05, 4.69) is 29.4 Å². The Morgan fingerprint density at radius 1 is 1.24 bits per heavy atom. The number of sulfone groups is 1. The molecule has 204 valence electrons. The molecule has 1 aromatic carbocycles. The quantitative estimate of drug-likeness (QED) is 0.494. The van der Waals surface area contributed by atoms with E-state index in [1.54, 1.807) is 19.1 Å². The van der Waals surface area contributed by atoms with E-state index in [0.29, 0.717) is 36.8 Å². The number of hydrogen-bond donors (Lipinski definition) is 2. The standard InChI is InChI=1S/C25H33F3N4O3S2/c1-4-37(34,35)18-8-5-16(6-9-18)11-21(33)30-24-31-22-19(36-24)14-32(23(22)15(2)3)13-17-7-10-20(29-12-17)25(26,27)28/h5-6,8-9,15,17,20,23,29H,4,7,10-14H2,1-3H3,(H,30,31,33)/t17-,20?,23?/m0/s1. The van der Waals surface area contributed by atoms with Gasteiger partial charge in [0.25, 0.3) is 0 Å². The maximum Gasteiger partial charge on any atom is 0.403 e. The average molecular weight is 559 g/mol. The van der Waals surface area contributed by atoms with Crippen LogP contribution in [0.3, 0.4) is 0 Å². The minimum atomic E-state index is -4.20. The lowest BCUT2D eigenvalue weighted by Crippen LogP contribution is -2.49. The van der Waals surface area contributed by atoms with Crippen molar-refractivity contribution in [1.82, 2.24) is 15.2 Å². The molecule has 1 amide bonds. The molecule has 3 atom stereocenters. The Hall–Kier alpha value is -2.02. The number of carbonyl (C=O) groups excluding carboxylic acids is 1. The monoisotopic (exact) mass is 558 g/mol. The van der Waals surface area contributed by atoms with Crippen LogP contribution in [0.25, 0.3) is 0 Å². The highest BCUT2D eigenvalue weighted by molar-refractivity contribution is 7.91. The molecule has 2 aromatic rings. The number of piperidine rings is 1. The molecular weight excluding hydrogens is 525 g/mol. The van der Waals surface area contributed by atoms with E-state index in [1.165, 1.54) is 23.5 Å². The molecular formula is C25H33F3N4O3S2. The van der Waals surface area contributed by atoms with Crippen molar-refractivity contribution in [1.29, 1.82) is 0 Å². The Labute approximate surface area is 219 Å². The average Bonchev–Trinajstić information content (AvgIpc) is 3.35. The first-order valence-electron chi connectivity index (χ1n) is 12.5. The Morgan fingerprint density at radius 3 is 2.51 bits per heavy atom. The molecule has 2 unspecified atom stereocenters. The summed E-state index contributed by atoms with van der Waals surface area (Å²) >= 11 is 1.43. The van der Waals surface area contributed by atoms with Crippen LogP contribution in [0.5, 0.6) is 0 Å². The van der Waals surface area contributed by atoms with E-state index in [4.69, 9.17) is 4.98 Å². The number of carbonyl (C=O) groups is 1. The number of nitrogens with zero attached hydrogens (tertiary/aromatic N) is 2. The Balaban J connectivity index is 1.35. The van der Waals surface area contributed by atoms with Crippen LogP contribution in [0.15, 0.2) is 29.2 Å². The van der Waals surface area contributed by atoms with E-state index in [-0.39, 0.29) is 47.3 Å². The van der Waals surface area contributed by atoms with Gasteiger partial charge in [-0.15, -0.1) is 11.3 Å². The second-order valence-electron chi connectivity index (χ2n) is 10.2. The summed E-state index contributed by atoms with van der Waals surface area (Å²) in [5, 5.41) is 6.06. The number of thiazole rings is 1. The van der Waals surface area contributed by atoms with Crippen LogP contribution in [-0.4, -0.2) is 55.3 Å². The predicted octanol–water partition coefficient (Wildman–Crippen LogP) is 4.56. The zero-order valence-corrected chi connectivity index (χ0v) is 22.8. The topological polar surface area (TPSA) is 91.4 Å². The maximum atomic E-state index is 13.0. The molecule has 2 N–H and O–H groups in total. The Bertz CT molecular complexity index is 1200. The first-order valence-corrected chi connectivity index (χ1v) is 15.0. The molecule has 0 aliphatic carbocycles. The number of hydrogen-bond acceptors (Lipinski definition) is 7. The first kappa shape index (κ1) is 28.0. The third-order valence-corrected chi connectivity index (χ3v) is 9.78. The zero-order valence-electron chi connectivity index (χ0n) is 21.1. The smallest absolute Gasteiger partial charge is 0.306 e. The molecule has 0 spiro atoms. The van der Waals surface area contributed by atoms with Crippen molar-refractivity contribution in [3.05, 3.63) is 40.4 Å². The predicted molar refractivity (Wildman–Crippen MR) is 137 cm³/mol. The van der Waals surface area contributed by atoms with Gasteiger partial charge in [-0.2, -0.15) is 13.2 Å². The highest BCUT2D eigenvalue weighted by Crippen LogP contribution is 2.43. The van der Waals surface area contributed by atoms with Gasteiger partial charge in [0.1, 0.15) is 6.04 Å². The lowest BCUT2D eigenvalue weighted by Gasteiger charge is -2.35. The maximum absolute atomic E-state index is 13.0. The number of rotatable bonds is 8. The van der Waals surface area contributed by atoms with Crippen molar-refractivity contribution in [3.8, 4) is 0 Å². The number of halogens is 3. The van der Waals surface area contributed by atoms with Crippen molar-refractivity contribution in [3.63, 3.8) is 0 Å². The summed E-state index contributed by atoms with van der Waals surface area (Å²) in [5.74, 6) is 0.187. The lowest BCUT2D eigenvalue weighted by molar-refractivity contribution is -0.162. The molecule has 1 aromatic heterocycles. The van der Waals surface area contributed by atoms with Crippen molar-refractivity contribution in [2.75, 3.05) is 24.2 Å². The molecule has 0 bridgehead atoms. The van der Waals surface area contributed by atoms with Crippen LogP contribution in [0.2, 0.25) is 0 Å². The van der Waals surface area contributed by atoms with E-state index in [9.17, 15) is 26.4 Å². The fraction of sp³-hybridized carbons (Fsp3) is 0.600. The van der Waals surface area contributed by atoms with Crippen LogP contribution in [0.4, 0.5) is 18.3 Å². The molecule has 4 rings (SSSR count). The van der Waals surface area contributed by atoms with Crippen LogP contribution in [-0.2, 0) is 27.6 Å². The third kappa shape index (κ3) is 6.52. The van der Waals surface area contributed by atoms with Gasteiger partial charge in [0.15, 0.2) is 15.0 Å². The summed E-state index contributed by atoms with van der Waals surface area (Å²) in [6.07, 6.45) is -3.47. The number of alkyl halides is 3. The summed E-state index contributed by atoms with van der Waals surface area (Å²) < 4.78 is 62.8. The number of aromatic nitrogens is 1. The minimum absolute atomic E-state index is 0.0203. The fourth-order valence-electron chi connectivity index (χ4n) is 5.15. The normalized spacial score (nSPS) is 22.8. The van der Waals surface area contributed by atoms with E-state index < -0.39 is 22.1 Å². The lowest BCUT2D eigenvalue weighted by atomic mass is 9.93. The summed E-state index contributed by atoms with van der Waals surface area (Å²) in [6.45, 7) is 7.51. The van der Waals surface area contributed by atoms with Gasteiger partial charge in [0, 0.05) is 18.0 Å². The van der Waals surface area contributed by atoms with Gasteiger partial charge in [-0.1, -0.05) is 32.9 Å². The molecule has 0 saturated carbocycles. The van der Waals surface area contributed by atoms with Gasteiger partial charge in [0.05, 0.1) is 28.8 Å². The van der Waals surface area contributed by atoms with E-state index >= 15 is 0 Å². The van der Waals surface area contributed by atoms with Gasteiger partial charge in [0.2, 0.25) is 5.91 Å². The number of anilines is 1. The largest absolute Gasteiger partial charge is 0.403 e. The summed E-state index contributed by atoms with van der Waals surface area (Å²) in [5.41, 5.74) is 1.64. The minimum Gasteiger partial charge on any atom is -0.306 e. The van der Waals surface area contributed by atoms with Gasteiger partial charge < -0.3 is 10.6 Å². The van der Waals surface area contributed by atoms with Crippen molar-refractivity contribution in [2.45, 2.75) is 69.7 Å². The summed E-state index contributed by atoms with van der Waals surface area (Å²) in [7, 11) is -3.29. The molecule has 2 aliphatic heterocycles. The SMILES string of the molecule is CCS(=O)(=O)c1ccc(CC(=O)Nc2nc3c(s2)CN(C[C@H]2CCC(C(F)(F)F)NC2)C3C(C)C)cc1. The number of benzene rings is 1. The molecule has 1 saturated heterocycles. The summed E-state index contributed by atoms with van der Waals surface area (Å²) in [4.78, 5) is 21.0. The zero-order chi connectivity index (χ0) is 27.0. The van der Waals surface area contributed by atoms with Crippen LogP contribution < -0.4 is 10.6 Å². The van der Waals surface area contributed by atoms with Crippen LogP contribution in [0.1, 0.15) is 55.8 Å². The molecule has 3 heterocycles. The highest BCUT2D eigenvalue weighted by Gasteiger charge is 2.43. The number of nitrogens with one attached hydrogen (secondary N) is 2. The third-order valence-electron chi connectivity index (χ3n) is 7.06. The molecule has 7 nitrogen and oxygen atoms in total. The first-order chi connectivity index (χ1) is 17.4. The van der Waals surface area contributed by atoms with E-state index in [1.807, 2.05) is 0 Å². The van der Waals surface area contributed by atoms with Crippen LogP contribution >= 0.6 is 11.3 Å². The van der Waals surface area contributed by atoms with Crippen LogP contribution in [0, 0.1) is 11.8 Å². The van der Waals surface area contributed by atoms with Crippen molar-refractivity contribution < 1.29 is 26.4 Å². The van der Waals surface area contributed by atoms with Crippen molar-refractivity contribution in [2.24, 2.45) is 11.8 Å². The fourth-order valence-corrected chi connectivity index (χ4v) is 7.07. The van der Waals surface area contributed by atoms with Gasteiger partial charge in [-0.05, 0) is 48.9 Å². The Morgan fingerprint density at radius 2 is 1.95 bits per heavy atom. The summed E-state index contributed by atoms with van der Waals surface area (Å²) in [6, 6.07) is 4.96. The van der Waals surface area contributed by atoms with E-state index in [0.717, 1.165) is 10.6 Å². The molecule has 37 heavy (non-hydrogen) atoms. The highest BCUT2D eigenvalue weighted by atomic mass is 32.2. The second kappa shape index (κ2) is 11.0. The second-order valence-corrected chi connectivity index (χ2v) is 13.5. The molecule has 2 aliphatic rings. The van der Waals surface area contributed by atoms with Gasteiger partial charge in [-0.3, -0.25) is 9.69 Å². The molecule has 0 radical (unpaired) electrons. The van der Waals surface area contributed by atoms with Gasteiger partial charge >= 0.3 is 6.18 Å². The number of fused-ring (bicyclic) bond motifs is 1. The van der Waals surface area contributed by atoms with Gasteiger partial charge in [-0.25, -0.2) is 13.4 Å².